The average molecular weight is 359 g/mol. The Morgan fingerprint density at radius 2 is 1.88 bits per heavy atom. The molecule has 0 saturated carbocycles. The van der Waals surface area contributed by atoms with Crippen LogP contribution in [-0.4, -0.2) is 56.0 Å². The Morgan fingerprint density at radius 1 is 1.17 bits per heavy atom. The lowest BCUT2D eigenvalue weighted by Crippen LogP contribution is -2.27. The SMILES string of the molecule is COCCNS(=O)(=O)c1cc(/C=C/C(=O)OC)cc(OC)c1OC. The van der Waals surface area contributed by atoms with E-state index in [0.717, 1.165) is 0 Å². The highest BCUT2D eigenvalue weighted by molar-refractivity contribution is 7.89. The van der Waals surface area contributed by atoms with Gasteiger partial charge in [0.2, 0.25) is 10.0 Å². The van der Waals surface area contributed by atoms with E-state index in [9.17, 15) is 13.2 Å². The Hall–Kier alpha value is -2.10. The molecule has 0 spiro atoms. The van der Waals surface area contributed by atoms with Crippen molar-refractivity contribution >= 4 is 22.1 Å². The summed E-state index contributed by atoms with van der Waals surface area (Å²) in [5.74, 6) is -0.276. The van der Waals surface area contributed by atoms with Crippen LogP contribution < -0.4 is 14.2 Å². The number of hydrogen-bond acceptors (Lipinski definition) is 7. The van der Waals surface area contributed by atoms with Crippen molar-refractivity contribution < 1.29 is 32.2 Å². The van der Waals surface area contributed by atoms with Crippen molar-refractivity contribution in [3.63, 3.8) is 0 Å². The fourth-order valence-corrected chi connectivity index (χ4v) is 3.06. The first-order valence-electron chi connectivity index (χ1n) is 6.90. The Kier molecular flexibility index (Phi) is 7.69. The summed E-state index contributed by atoms with van der Waals surface area (Å²) in [4.78, 5) is 11.1. The van der Waals surface area contributed by atoms with E-state index in [2.05, 4.69) is 9.46 Å². The second kappa shape index (κ2) is 9.26. The van der Waals surface area contributed by atoms with E-state index >= 15 is 0 Å². The highest BCUT2D eigenvalue weighted by Crippen LogP contribution is 2.35. The third kappa shape index (κ3) is 5.22. The predicted octanol–water partition coefficient (Wildman–Crippen LogP) is 0.815. The lowest BCUT2D eigenvalue weighted by Gasteiger charge is -2.15. The first-order chi connectivity index (χ1) is 11.4. The molecular weight excluding hydrogens is 338 g/mol. The summed E-state index contributed by atoms with van der Waals surface area (Å²) < 4.78 is 47.1. The van der Waals surface area contributed by atoms with Crippen LogP contribution in [-0.2, 0) is 24.3 Å². The zero-order valence-corrected chi connectivity index (χ0v) is 14.8. The Labute approximate surface area is 141 Å². The molecule has 0 radical (unpaired) electrons. The zero-order valence-electron chi connectivity index (χ0n) is 14.0. The van der Waals surface area contributed by atoms with E-state index in [4.69, 9.17) is 14.2 Å². The van der Waals surface area contributed by atoms with Gasteiger partial charge in [0, 0.05) is 19.7 Å². The van der Waals surface area contributed by atoms with Crippen LogP contribution in [0.25, 0.3) is 6.08 Å². The molecule has 0 unspecified atom stereocenters. The van der Waals surface area contributed by atoms with E-state index in [0.29, 0.717) is 5.56 Å². The van der Waals surface area contributed by atoms with Gasteiger partial charge in [-0.25, -0.2) is 17.9 Å². The highest BCUT2D eigenvalue weighted by atomic mass is 32.2. The van der Waals surface area contributed by atoms with Gasteiger partial charge in [-0.05, 0) is 23.8 Å². The predicted molar refractivity (Wildman–Crippen MR) is 87.7 cm³/mol. The van der Waals surface area contributed by atoms with Crippen LogP contribution in [0.2, 0.25) is 0 Å². The van der Waals surface area contributed by atoms with Crippen LogP contribution in [0.15, 0.2) is 23.1 Å². The topological polar surface area (TPSA) is 100 Å². The van der Waals surface area contributed by atoms with Crippen molar-refractivity contribution in [3.8, 4) is 11.5 Å². The van der Waals surface area contributed by atoms with Gasteiger partial charge in [0.05, 0.1) is 27.9 Å². The number of hydrogen-bond donors (Lipinski definition) is 1. The molecule has 134 valence electrons. The van der Waals surface area contributed by atoms with Crippen LogP contribution in [0.1, 0.15) is 5.56 Å². The number of methoxy groups -OCH3 is 4. The van der Waals surface area contributed by atoms with Gasteiger partial charge in [0.1, 0.15) is 4.90 Å². The molecule has 1 aromatic rings. The molecule has 0 amide bonds. The molecule has 0 aromatic heterocycles. The Balaban J connectivity index is 3.34. The van der Waals surface area contributed by atoms with Crippen molar-refractivity contribution in [2.45, 2.75) is 4.90 Å². The van der Waals surface area contributed by atoms with Crippen molar-refractivity contribution in [2.24, 2.45) is 0 Å². The highest BCUT2D eigenvalue weighted by Gasteiger charge is 2.23. The summed E-state index contributed by atoms with van der Waals surface area (Å²) >= 11 is 0. The Bertz CT molecular complexity index is 698. The second-order valence-corrected chi connectivity index (χ2v) is 6.24. The van der Waals surface area contributed by atoms with E-state index in [1.165, 1.54) is 46.7 Å². The summed E-state index contributed by atoms with van der Waals surface area (Å²) in [6.45, 7) is 0.327. The quantitative estimate of drug-likeness (QED) is 0.396. The molecule has 0 saturated heterocycles. The molecule has 9 heteroatoms. The first kappa shape index (κ1) is 19.9. The van der Waals surface area contributed by atoms with Gasteiger partial charge < -0.3 is 18.9 Å². The van der Waals surface area contributed by atoms with Gasteiger partial charge in [-0.1, -0.05) is 0 Å². The number of carbonyl (C=O) groups is 1. The monoisotopic (exact) mass is 359 g/mol. The summed E-state index contributed by atoms with van der Waals surface area (Å²) in [5, 5.41) is 0. The molecule has 8 nitrogen and oxygen atoms in total. The van der Waals surface area contributed by atoms with Crippen LogP contribution in [0.4, 0.5) is 0 Å². The van der Waals surface area contributed by atoms with Crippen molar-refractivity contribution in [1.82, 2.24) is 4.72 Å². The van der Waals surface area contributed by atoms with Gasteiger partial charge in [-0.2, -0.15) is 0 Å². The molecule has 0 atom stereocenters. The third-order valence-corrected chi connectivity index (χ3v) is 4.43. The minimum Gasteiger partial charge on any atom is -0.493 e. The smallest absolute Gasteiger partial charge is 0.330 e. The number of rotatable bonds is 9. The molecule has 1 aromatic carbocycles. The van der Waals surface area contributed by atoms with E-state index in [1.807, 2.05) is 0 Å². The molecular formula is C15H21NO7S. The Morgan fingerprint density at radius 3 is 2.42 bits per heavy atom. The summed E-state index contributed by atoms with van der Waals surface area (Å²) in [5.41, 5.74) is 0.435. The minimum absolute atomic E-state index is 0.0673. The summed E-state index contributed by atoms with van der Waals surface area (Å²) in [6, 6.07) is 2.92. The maximum Gasteiger partial charge on any atom is 0.330 e. The molecule has 1 N–H and O–H groups in total. The maximum atomic E-state index is 12.5. The van der Waals surface area contributed by atoms with Gasteiger partial charge in [-0.3, -0.25) is 0 Å². The molecule has 0 fully saturated rings. The molecule has 24 heavy (non-hydrogen) atoms. The number of sulfonamides is 1. The number of ether oxygens (including phenoxy) is 4. The zero-order chi connectivity index (χ0) is 18.2. The van der Waals surface area contributed by atoms with Crippen molar-refractivity contribution in [2.75, 3.05) is 41.6 Å². The molecule has 1 rings (SSSR count). The number of nitrogens with one attached hydrogen (secondary N) is 1. The third-order valence-electron chi connectivity index (χ3n) is 2.97. The normalized spacial score (nSPS) is 11.5. The largest absolute Gasteiger partial charge is 0.493 e. The lowest BCUT2D eigenvalue weighted by molar-refractivity contribution is -0.134. The number of esters is 1. The number of carbonyl (C=O) groups excluding carboxylic acids is 1. The van der Waals surface area contributed by atoms with E-state index in [1.54, 1.807) is 6.07 Å². The molecule has 0 bridgehead atoms. The lowest BCUT2D eigenvalue weighted by atomic mass is 10.2. The van der Waals surface area contributed by atoms with Crippen LogP contribution in [0.5, 0.6) is 11.5 Å². The average Bonchev–Trinajstić information content (AvgIpc) is 2.58. The van der Waals surface area contributed by atoms with Crippen molar-refractivity contribution in [3.05, 3.63) is 23.8 Å². The first-order valence-corrected chi connectivity index (χ1v) is 8.38. The number of benzene rings is 1. The summed E-state index contributed by atoms with van der Waals surface area (Å²) in [6.07, 6.45) is 2.60. The van der Waals surface area contributed by atoms with E-state index in [-0.39, 0.29) is 29.5 Å². The summed E-state index contributed by atoms with van der Waals surface area (Å²) in [7, 11) is 1.59. The van der Waals surface area contributed by atoms with Gasteiger partial charge in [0.15, 0.2) is 11.5 Å². The van der Waals surface area contributed by atoms with Gasteiger partial charge >= 0.3 is 5.97 Å². The van der Waals surface area contributed by atoms with E-state index < -0.39 is 16.0 Å². The van der Waals surface area contributed by atoms with Crippen molar-refractivity contribution in [1.29, 1.82) is 0 Å². The second-order valence-electron chi connectivity index (χ2n) is 4.50. The van der Waals surface area contributed by atoms with Crippen LogP contribution in [0, 0.1) is 0 Å². The molecule has 0 aliphatic heterocycles. The minimum atomic E-state index is -3.86. The van der Waals surface area contributed by atoms with Crippen LogP contribution >= 0.6 is 0 Å². The maximum absolute atomic E-state index is 12.5. The van der Waals surface area contributed by atoms with Gasteiger partial charge in [0.25, 0.3) is 0 Å². The van der Waals surface area contributed by atoms with Gasteiger partial charge in [-0.15, -0.1) is 0 Å². The molecule has 0 aliphatic carbocycles. The fraction of sp³-hybridized carbons (Fsp3) is 0.400. The fourth-order valence-electron chi connectivity index (χ4n) is 1.83. The standard InChI is InChI=1S/C15H21NO7S/c1-20-8-7-16-24(18,19)13-10-11(5-6-14(17)22-3)9-12(21-2)15(13)23-4/h5-6,9-10,16H,7-8H2,1-4H3/b6-5+. The molecule has 0 heterocycles. The molecule has 0 aliphatic rings. The van der Waals surface area contributed by atoms with Crippen LogP contribution in [0.3, 0.4) is 0 Å².